The molecule has 2 heterocycles. The standard InChI is InChI=1S/C18H24N6O2/c1-23-6-8-24(9-7-23)17-16(19)21-12-15(22-17)13-3-2-4-14(11-13)18(26)20-5-10-25/h2-4,11-12,25H,5-10H2,1H3,(H2,19,21)(H,20,26). The topological polar surface area (TPSA) is 108 Å². The third-order valence-electron chi connectivity index (χ3n) is 4.40. The molecule has 8 nitrogen and oxygen atoms in total. The molecular formula is C18H24N6O2. The number of nitrogens with two attached hydrogens (primary N) is 1. The van der Waals surface area contributed by atoms with E-state index in [1.165, 1.54) is 0 Å². The Morgan fingerprint density at radius 3 is 2.81 bits per heavy atom. The molecule has 0 radical (unpaired) electrons. The van der Waals surface area contributed by atoms with Gasteiger partial charge >= 0.3 is 0 Å². The van der Waals surface area contributed by atoms with Gasteiger partial charge in [-0.25, -0.2) is 9.97 Å². The van der Waals surface area contributed by atoms with Gasteiger partial charge in [0.1, 0.15) is 0 Å². The molecule has 3 rings (SSSR count). The summed E-state index contributed by atoms with van der Waals surface area (Å²) < 4.78 is 0. The van der Waals surface area contributed by atoms with Crippen LogP contribution in [0.3, 0.4) is 0 Å². The number of nitrogens with one attached hydrogen (secondary N) is 1. The third-order valence-corrected chi connectivity index (χ3v) is 4.40. The number of carbonyl (C=O) groups is 1. The molecule has 1 aliphatic heterocycles. The van der Waals surface area contributed by atoms with Crippen LogP contribution in [0.25, 0.3) is 11.3 Å². The fourth-order valence-corrected chi connectivity index (χ4v) is 2.87. The number of hydrogen-bond donors (Lipinski definition) is 3. The largest absolute Gasteiger partial charge is 0.395 e. The third kappa shape index (κ3) is 4.09. The summed E-state index contributed by atoms with van der Waals surface area (Å²) in [5.41, 5.74) is 8.03. The molecule has 138 valence electrons. The number of likely N-dealkylation sites (N-methyl/N-ethyl adjacent to an activating group) is 1. The van der Waals surface area contributed by atoms with Crippen molar-refractivity contribution in [1.29, 1.82) is 0 Å². The highest BCUT2D eigenvalue weighted by molar-refractivity contribution is 5.95. The summed E-state index contributed by atoms with van der Waals surface area (Å²) in [5, 5.41) is 11.5. The lowest BCUT2D eigenvalue weighted by Crippen LogP contribution is -2.45. The summed E-state index contributed by atoms with van der Waals surface area (Å²) in [6.07, 6.45) is 1.62. The fourth-order valence-electron chi connectivity index (χ4n) is 2.87. The summed E-state index contributed by atoms with van der Waals surface area (Å²) in [6, 6.07) is 7.18. The molecule has 0 unspecified atom stereocenters. The van der Waals surface area contributed by atoms with Crippen molar-refractivity contribution in [2.45, 2.75) is 0 Å². The van der Waals surface area contributed by atoms with Crippen LogP contribution in [0.2, 0.25) is 0 Å². The molecule has 0 spiro atoms. The number of aliphatic hydroxyl groups is 1. The lowest BCUT2D eigenvalue weighted by atomic mass is 10.1. The van der Waals surface area contributed by atoms with Gasteiger partial charge in [0.15, 0.2) is 11.6 Å². The van der Waals surface area contributed by atoms with Gasteiger partial charge in [-0.2, -0.15) is 0 Å². The van der Waals surface area contributed by atoms with E-state index in [4.69, 9.17) is 15.8 Å². The number of anilines is 2. The van der Waals surface area contributed by atoms with Crippen molar-refractivity contribution >= 4 is 17.5 Å². The molecule has 0 bridgehead atoms. The number of nitrogens with zero attached hydrogens (tertiary/aromatic N) is 4. The predicted octanol–water partition coefficient (Wildman–Crippen LogP) is 0.200. The number of hydrogen-bond acceptors (Lipinski definition) is 7. The van der Waals surface area contributed by atoms with Crippen molar-refractivity contribution in [2.24, 2.45) is 0 Å². The molecule has 1 aliphatic rings. The molecule has 8 heteroatoms. The zero-order valence-corrected chi connectivity index (χ0v) is 14.9. The van der Waals surface area contributed by atoms with Gasteiger partial charge in [0, 0.05) is 43.9 Å². The van der Waals surface area contributed by atoms with Gasteiger partial charge in [-0.05, 0) is 19.2 Å². The van der Waals surface area contributed by atoms with E-state index < -0.39 is 0 Å². The maximum Gasteiger partial charge on any atom is 0.251 e. The van der Waals surface area contributed by atoms with Crippen LogP contribution >= 0.6 is 0 Å². The highest BCUT2D eigenvalue weighted by atomic mass is 16.3. The first-order chi connectivity index (χ1) is 12.6. The van der Waals surface area contributed by atoms with Gasteiger partial charge in [-0.3, -0.25) is 4.79 Å². The first-order valence-corrected chi connectivity index (χ1v) is 8.64. The van der Waals surface area contributed by atoms with E-state index in [9.17, 15) is 4.79 Å². The zero-order valence-electron chi connectivity index (χ0n) is 14.9. The average Bonchev–Trinajstić information content (AvgIpc) is 2.67. The van der Waals surface area contributed by atoms with Gasteiger partial charge in [0.05, 0.1) is 18.5 Å². The van der Waals surface area contributed by atoms with E-state index in [0.717, 1.165) is 31.7 Å². The molecule has 1 aromatic carbocycles. The van der Waals surface area contributed by atoms with Crippen LogP contribution in [0.1, 0.15) is 10.4 Å². The van der Waals surface area contributed by atoms with E-state index >= 15 is 0 Å². The van der Waals surface area contributed by atoms with Gasteiger partial charge in [0.25, 0.3) is 5.91 Å². The molecule has 2 aromatic rings. The van der Waals surface area contributed by atoms with Crippen LogP contribution in [-0.4, -0.2) is 72.3 Å². The number of aromatic nitrogens is 2. The molecule has 0 atom stereocenters. The minimum Gasteiger partial charge on any atom is -0.395 e. The molecule has 26 heavy (non-hydrogen) atoms. The Kier molecular flexibility index (Phi) is 5.65. The second kappa shape index (κ2) is 8.11. The quantitative estimate of drug-likeness (QED) is 0.702. The number of rotatable bonds is 5. The Morgan fingerprint density at radius 1 is 1.31 bits per heavy atom. The van der Waals surface area contributed by atoms with Crippen LogP contribution < -0.4 is 16.0 Å². The maximum atomic E-state index is 12.1. The number of piperazine rings is 1. The van der Waals surface area contributed by atoms with E-state index in [-0.39, 0.29) is 19.1 Å². The van der Waals surface area contributed by atoms with Crippen molar-refractivity contribution in [3.8, 4) is 11.3 Å². The zero-order chi connectivity index (χ0) is 18.5. The highest BCUT2D eigenvalue weighted by Crippen LogP contribution is 2.25. The average molecular weight is 356 g/mol. The SMILES string of the molecule is CN1CCN(c2nc(-c3cccc(C(=O)NCCO)c3)cnc2N)CC1. The van der Waals surface area contributed by atoms with Gasteiger partial charge in [0.2, 0.25) is 0 Å². The maximum absolute atomic E-state index is 12.1. The Balaban J connectivity index is 1.85. The molecule has 4 N–H and O–H groups in total. The van der Waals surface area contributed by atoms with Gasteiger partial charge in [-0.15, -0.1) is 0 Å². The van der Waals surface area contributed by atoms with Crippen molar-refractivity contribution in [3.63, 3.8) is 0 Å². The lowest BCUT2D eigenvalue weighted by Gasteiger charge is -2.33. The number of aliphatic hydroxyl groups excluding tert-OH is 1. The lowest BCUT2D eigenvalue weighted by molar-refractivity contribution is 0.0945. The Bertz CT molecular complexity index is 774. The molecule has 1 aromatic heterocycles. The summed E-state index contributed by atoms with van der Waals surface area (Å²) in [5.74, 6) is 0.865. The van der Waals surface area contributed by atoms with Crippen LogP contribution in [-0.2, 0) is 0 Å². The van der Waals surface area contributed by atoms with E-state index in [1.807, 2.05) is 6.07 Å². The van der Waals surface area contributed by atoms with Crippen molar-refractivity contribution in [1.82, 2.24) is 20.2 Å². The van der Waals surface area contributed by atoms with E-state index in [1.54, 1.807) is 24.4 Å². The van der Waals surface area contributed by atoms with E-state index in [2.05, 4.69) is 27.1 Å². The second-order valence-corrected chi connectivity index (χ2v) is 6.31. The van der Waals surface area contributed by atoms with Crippen molar-refractivity contribution < 1.29 is 9.90 Å². The van der Waals surface area contributed by atoms with Crippen LogP contribution in [0.5, 0.6) is 0 Å². The summed E-state index contributed by atoms with van der Waals surface area (Å²) in [7, 11) is 2.09. The van der Waals surface area contributed by atoms with Gasteiger partial charge < -0.3 is 26.0 Å². The normalized spacial score (nSPS) is 15.1. The minimum absolute atomic E-state index is 0.0940. The number of benzene rings is 1. The number of amides is 1. The smallest absolute Gasteiger partial charge is 0.251 e. The Labute approximate surface area is 152 Å². The molecule has 1 saturated heterocycles. The van der Waals surface area contributed by atoms with Crippen LogP contribution in [0, 0.1) is 0 Å². The highest BCUT2D eigenvalue weighted by Gasteiger charge is 2.19. The summed E-state index contributed by atoms with van der Waals surface area (Å²) in [6.45, 7) is 3.73. The summed E-state index contributed by atoms with van der Waals surface area (Å²) >= 11 is 0. The molecule has 1 fully saturated rings. The first-order valence-electron chi connectivity index (χ1n) is 8.64. The number of carbonyl (C=O) groups excluding carboxylic acids is 1. The second-order valence-electron chi connectivity index (χ2n) is 6.31. The molecule has 1 amide bonds. The minimum atomic E-state index is -0.233. The number of nitrogen functional groups attached to an aromatic ring is 1. The van der Waals surface area contributed by atoms with E-state index in [0.29, 0.717) is 22.9 Å². The van der Waals surface area contributed by atoms with Crippen LogP contribution in [0.15, 0.2) is 30.5 Å². The predicted molar refractivity (Wildman–Crippen MR) is 101 cm³/mol. The van der Waals surface area contributed by atoms with Gasteiger partial charge in [-0.1, -0.05) is 12.1 Å². The first kappa shape index (κ1) is 18.1. The monoisotopic (exact) mass is 356 g/mol. The molecule has 0 aliphatic carbocycles. The van der Waals surface area contributed by atoms with Crippen molar-refractivity contribution in [3.05, 3.63) is 36.0 Å². The molecular weight excluding hydrogens is 332 g/mol. The molecule has 0 saturated carbocycles. The van der Waals surface area contributed by atoms with Crippen LogP contribution in [0.4, 0.5) is 11.6 Å². The Morgan fingerprint density at radius 2 is 2.08 bits per heavy atom. The summed E-state index contributed by atoms with van der Waals surface area (Å²) in [4.78, 5) is 25.5. The Hall–Kier alpha value is -2.71. The fraction of sp³-hybridized carbons (Fsp3) is 0.389. The van der Waals surface area contributed by atoms with Crippen molar-refractivity contribution in [2.75, 3.05) is 57.0 Å².